The second-order valence-electron chi connectivity index (χ2n) is 6.18. The Morgan fingerprint density at radius 1 is 1.08 bits per heavy atom. The normalized spacial score (nSPS) is 15.7. The lowest BCUT2D eigenvalue weighted by Crippen LogP contribution is -2.74. The van der Waals surface area contributed by atoms with Crippen LogP contribution in [0.4, 0.5) is 0 Å². The molecule has 1 aromatic carbocycles. The molecule has 0 saturated heterocycles. The summed E-state index contributed by atoms with van der Waals surface area (Å²) in [6, 6.07) is 8.84. The third-order valence-corrected chi connectivity index (χ3v) is 4.04. The summed E-state index contributed by atoms with van der Waals surface area (Å²) in [5.41, 5.74) is 17.7. The number of carbonyl (C=O) groups excluding carboxylic acids is 2. The highest BCUT2D eigenvalue weighted by molar-refractivity contribution is 6.14. The van der Waals surface area contributed by atoms with Crippen molar-refractivity contribution in [1.29, 1.82) is 0 Å². The fourth-order valence-corrected chi connectivity index (χ4v) is 2.23. The van der Waals surface area contributed by atoms with E-state index in [0.717, 1.165) is 13.8 Å². The SMILES string of the molecule is CC(N)C(=O)C(C)(C(=O)C(C)O)C(N)(N)C(=O)O.NCc1ccccc1. The zero-order valence-corrected chi connectivity index (χ0v) is 15.2. The van der Waals surface area contributed by atoms with Gasteiger partial charge in [-0.15, -0.1) is 0 Å². The van der Waals surface area contributed by atoms with Gasteiger partial charge < -0.3 is 33.1 Å². The van der Waals surface area contributed by atoms with Crippen LogP contribution in [-0.2, 0) is 20.9 Å². The minimum Gasteiger partial charge on any atom is -0.479 e. The number of Topliss-reactive ketones (excluding diaryl/α,β-unsaturated/α-hetero) is 2. The fraction of sp³-hybridized carbons (Fsp3) is 0.471. The maximum atomic E-state index is 12.0. The van der Waals surface area contributed by atoms with Gasteiger partial charge in [0, 0.05) is 6.54 Å². The number of carboxylic acids is 1. The molecule has 1 aromatic rings. The number of carboxylic acid groups (broad SMARTS) is 1. The Bertz CT molecular complexity index is 609. The molecule has 0 aliphatic rings. The maximum Gasteiger partial charge on any atom is 0.340 e. The lowest BCUT2D eigenvalue weighted by atomic mass is 9.68. The highest BCUT2D eigenvalue weighted by Crippen LogP contribution is 2.31. The van der Waals surface area contributed by atoms with Crippen LogP contribution in [0.2, 0.25) is 0 Å². The van der Waals surface area contributed by atoms with Gasteiger partial charge >= 0.3 is 5.97 Å². The zero-order valence-electron chi connectivity index (χ0n) is 15.2. The average molecular weight is 368 g/mol. The standard InChI is InChI=1S/C10H19N3O5.C7H9N/c1-4(11)6(15)9(3,7(16)5(2)14)10(12,13)8(17)18;8-6-7-4-2-1-3-5-7/h4-5,14H,11-13H2,1-3H3,(H,17,18);1-5H,6,8H2. The smallest absolute Gasteiger partial charge is 0.340 e. The topological polar surface area (TPSA) is 196 Å². The van der Waals surface area contributed by atoms with E-state index >= 15 is 0 Å². The predicted molar refractivity (Wildman–Crippen MR) is 96.5 cm³/mol. The summed E-state index contributed by atoms with van der Waals surface area (Å²) < 4.78 is 0. The van der Waals surface area contributed by atoms with Crippen molar-refractivity contribution in [2.45, 2.75) is 45.1 Å². The molecule has 0 saturated carbocycles. The van der Waals surface area contributed by atoms with E-state index in [1.165, 1.54) is 12.5 Å². The van der Waals surface area contributed by atoms with E-state index in [2.05, 4.69) is 0 Å². The van der Waals surface area contributed by atoms with Gasteiger partial charge in [0.05, 0.1) is 6.04 Å². The highest BCUT2D eigenvalue weighted by Gasteiger charge is 2.59. The summed E-state index contributed by atoms with van der Waals surface area (Å²) in [6.45, 7) is 3.98. The number of carbonyl (C=O) groups is 3. The zero-order chi connectivity index (χ0) is 20.7. The molecule has 9 heteroatoms. The van der Waals surface area contributed by atoms with Crippen molar-refractivity contribution in [3.05, 3.63) is 35.9 Å². The summed E-state index contributed by atoms with van der Waals surface area (Å²) in [5, 5.41) is 18.2. The minimum atomic E-state index is -2.66. The Labute approximate surface area is 152 Å². The van der Waals surface area contributed by atoms with Crippen molar-refractivity contribution < 1.29 is 24.6 Å². The Morgan fingerprint density at radius 3 is 1.81 bits per heavy atom. The van der Waals surface area contributed by atoms with E-state index in [-0.39, 0.29) is 0 Å². The molecule has 0 bridgehead atoms. The van der Waals surface area contributed by atoms with Gasteiger partial charge in [-0.3, -0.25) is 9.59 Å². The number of aliphatic hydroxyl groups excluding tert-OH is 1. The van der Waals surface area contributed by atoms with Crippen LogP contribution in [-0.4, -0.2) is 45.6 Å². The first kappa shape index (κ1) is 23.8. The van der Waals surface area contributed by atoms with Crippen LogP contribution >= 0.6 is 0 Å². The number of aliphatic carboxylic acids is 1. The molecule has 0 heterocycles. The van der Waals surface area contributed by atoms with Crippen LogP contribution in [0.15, 0.2) is 30.3 Å². The minimum absolute atomic E-state index is 0.640. The number of nitrogens with two attached hydrogens (primary N) is 4. The van der Waals surface area contributed by atoms with Crippen LogP contribution in [0, 0.1) is 5.41 Å². The van der Waals surface area contributed by atoms with Gasteiger partial charge in [-0.05, 0) is 26.3 Å². The Morgan fingerprint density at radius 2 is 1.54 bits per heavy atom. The largest absolute Gasteiger partial charge is 0.479 e. The maximum absolute atomic E-state index is 12.0. The van der Waals surface area contributed by atoms with Crippen molar-refractivity contribution in [1.82, 2.24) is 0 Å². The van der Waals surface area contributed by atoms with E-state index < -0.39 is 40.8 Å². The molecule has 9 nitrogen and oxygen atoms in total. The van der Waals surface area contributed by atoms with Crippen LogP contribution in [0.5, 0.6) is 0 Å². The monoisotopic (exact) mass is 368 g/mol. The third-order valence-electron chi connectivity index (χ3n) is 4.04. The average Bonchev–Trinajstić information content (AvgIpc) is 2.60. The van der Waals surface area contributed by atoms with Gasteiger partial charge in [0.25, 0.3) is 0 Å². The fourth-order valence-electron chi connectivity index (χ4n) is 2.23. The lowest BCUT2D eigenvalue weighted by Gasteiger charge is -2.39. The first-order valence-corrected chi connectivity index (χ1v) is 7.91. The van der Waals surface area contributed by atoms with E-state index in [0.29, 0.717) is 6.54 Å². The van der Waals surface area contributed by atoms with Crippen molar-refractivity contribution in [2.75, 3.05) is 0 Å². The molecule has 26 heavy (non-hydrogen) atoms. The second-order valence-corrected chi connectivity index (χ2v) is 6.18. The third kappa shape index (κ3) is 5.16. The van der Waals surface area contributed by atoms with Crippen molar-refractivity contribution in [3.8, 4) is 0 Å². The van der Waals surface area contributed by atoms with Gasteiger partial charge in [0.2, 0.25) is 0 Å². The number of hydrogen-bond donors (Lipinski definition) is 6. The molecule has 0 radical (unpaired) electrons. The van der Waals surface area contributed by atoms with Crippen molar-refractivity contribution in [2.24, 2.45) is 28.3 Å². The summed E-state index contributed by atoms with van der Waals surface area (Å²) >= 11 is 0. The predicted octanol–water partition coefficient (Wildman–Crippen LogP) is -1.30. The molecular weight excluding hydrogens is 340 g/mol. The summed E-state index contributed by atoms with van der Waals surface area (Å²) in [4.78, 5) is 34.9. The van der Waals surface area contributed by atoms with Gasteiger partial charge in [-0.2, -0.15) is 0 Å². The van der Waals surface area contributed by atoms with Gasteiger partial charge in [-0.25, -0.2) is 4.79 Å². The first-order chi connectivity index (χ1) is 11.8. The molecule has 10 N–H and O–H groups in total. The van der Waals surface area contributed by atoms with E-state index in [1.807, 2.05) is 30.3 Å². The van der Waals surface area contributed by atoms with Crippen LogP contribution < -0.4 is 22.9 Å². The van der Waals surface area contributed by atoms with Gasteiger partial charge in [0.1, 0.15) is 11.5 Å². The molecule has 146 valence electrons. The summed E-state index contributed by atoms with van der Waals surface area (Å²) in [7, 11) is 0. The van der Waals surface area contributed by atoms with Crippen LogP contribution in [0.3, 0.4) is 0 Å². The number of rotatable bonds is 7. The molecule has 0 fully saturated rings. The van der Waals surface area contributed by atoms with Crippen molar-refractivity contribution in [3.63, 3.8) is 0 Å². The molecule has 1 rings (SSSR count). The van der Waals surface area contributed by atoms with E-state index in [4.69, 9.17) is 28.0 Å². The number of aliphatic hydroxyl groups is 1. The first-order valence-electron chi connectivity index (χ1n) is 7.91. The van der Waals surface area contributed by atoms with Gasteiger partial charge in [0.15, 0.2) is 17.2 Å². The molecule has 0 amide bonds. The summed E-state index contributed by atoms with van der Waals surface area (Å²) in [5.74, 6) is -3.77. The second kappa shape index (κ2) is 9.51. The number of benzene rings is 1. The van der Waals surface area contributed by atoms with Gasteiger partial charge in [-0.1, -0.05) is 30.3 Å². The summed E-state index contributed by atoms with van der Waals surface area (Å²) in [6.07, 6.45) is -1.59. The molecule has 0 aliphatic carbocycles. The molecule has 0 aliphatic heterocycles. The van der Waals surface area contributed by atoms with Crippen LogP contribution in [0.25, 0.3) is 0 Å². The number of ketones is 2. The Balaban J connectivity index is 0.000000642. The molecule has 0 spiro atoms. The highest BCUT2D eigenvalue weighted by atomic mass is 16.4. The Hall–Kier alpha value is -2.17. The van der Waals surface area contributed by atoms with E-state index in [9.17, 15) is 19.5 Å². The molecule has 3 atom stereocenters. The molecule has 3 unspecified atom stereocenters. The molecule has 0 aromatic heterocycles. The number of hydrogen-bond acceptors (Lipinski definition) is 8. The quantitative estimate of drug-likeness (QED) is 0.250. The van der Waals surface area contributed by atoms with E-state index in [1.54, 1.807) is 0 Å². The molecular formula is C17H28N4O5. The van der Waals surface area contributed by atoms with Crippen molar-refractivity contribution >= 4 is 17.5 Å². The Kier molecular flexibility index (Phi) is 8.71. The lowest BCUT2D eigenvalue weighted by molar-refractivity contribution is -0.162. The van der Waals surface area contributed by atoms with Crippen LogP contribution in [0.1, 0.15) is 26.3 Å².